The first kappa shape index (κ1) is 19.4. The van der Waals surface area contributed by atoms with E-state index in [-0.39, 0.29) is 30.2 Å². The van der Waals surface area contributed by atoms with Crippen LogP contribution in [0.1, 0.15) is 31.5 Å². The van der Waals surface area contributed by atoms with Crippen LogP contribution in [0.15, 0.2) is 18.2 Å². The van der Waals surface area contributed by atoms with E-state index in [0.29, 0.717) is 13.2 Å². The second-order valence-corrected chi connectivity index (χ2v) is 7.62. The predicted octanol–water partition coefficient (Wildman–Crippen LogP) is 3.10. The van der Waals surface area contributed by atoms with Crippen LogP contribution in [0.2, 0.25) is 0 Å². The van der Waals surface area contributed by atoms with Gasteiger partial charge in [0.05, 0.1) is 12.5 Å². The van der Waals surface area contributed by atoms with Gasteiger partial charge in [-0.1, -0.05) is 0 Å². The Morgan fingerprint density at radius 2 is 2.07 bits per heavy atom. The lowest BCUT2D eigenvalue weighted by atomic mass is 10.1. The smallest absolute Gasteiger partial charge is 0.229 e. The van der Waals surface area contributed by atoms with Gasteiger partial charge in [-0.3, -0.25) is 9.59 Å². The first-order chi connectivity index (χ1) is 12.8. The average molecular weight is 371 g/mol. The van der Waals surface area contributed by atoms with Crippen molar-refractivity contribution in [3.8, 4) is 0 Å². The topological polar surface area (TPSA) is 63.6 Å². The molecule has 3 rings (SSSR count). The molecule has 0 bridgehead atoms. The van der Waals surface area contributed by atoms with E-state index in [9.17, 15) is 9.59 Å². The van der Waals surface area contributed by atoms with Crippen molar-refractivity contribution in [1.82, 2.24) is 9.47 Å². The van der Waals surface area contributed by atoms with Crippen molar-refractivity contribution in [2.45, 2.75) is 46.7 Å². The average Bonchev–Trinajstić information content (AvgIpc) is 3.13. The molecule has 1 aromatic carbocycles. The lowest BCUT2D eigenvalue weighted by molar-refractivity contribution is -0.129. The molecule has 146 valence electrons. The van der Waals surface area contributed by atoms with Gasteiger partial charge >= 0.3 is 0 Å². The van der Waals surface area contributed by atoms with Crippen molar-refractivity contribution in [3.05, 3.63) is 29.5 Å². The van der Waals surface area contributed by atoms with Gasteiger partial charge in [-0.2, -0.15) is 0 Å². The zero-order chi connectivity index (χ0) is 19.7. The number of ether oxygens (including phenoxy) is 1. The van der Waals surface area contributed by atoms with Crippen LogP contribution in [-0.2, 0) is 20.9 Å². The van der Waals surface area contributed by atoms with Gasteiger partial charge in [0, 0.05) is 54.9 Å². The zero-order valence-electron chi connectivity index (χ0n) is 16.8. The lowest BCUT2D eigenvalue weighted by Crippen LogP contribution is -2.33. The summed E-state index contributed by atoms with van der Waals surface area (Å²) in [7, 11) is 1.70. The highest BCUT2D eigenvalue weighted by atomic mass is 16.5. The number of carbonyl (C=O) groups excluding carboxylic acids is 2. The molecule has 6 nitrogen and oxygen atoms in total. The highest BCUT2D eigenvalue weighted by Gasteiger charge is 2.35. The van der Waals surface area contributed by atoms with Gasteiger partial charge in [-0.25, -0.2) is 0 Å². The number of amides is 2. The molecule has 1 aliphatic rings. The summed E-state index contributed by atoms with van der Waals surface area (Å²) in [5.41, 5.74) is 4.33. The summed E-state index contributed by atoms with van der Waals surface area (Å²) in [6.07, 6.45) is 0.289. The summed E-state index contributed by atoms with van der Waals surface area (Å²) >= 11 is 0. The summed E-state index contributed by atoms with van der Waals surface area (Å²) in [6.45, 7) is 10.1. The summed E-state index contributed by atoms with van der Waals surface area (Å²) in [4.78, 5) is 26.5. The van der Waals surface area contributed by atoms with Gasteiger partial charge in [0.2, 0.25) is 11.8 Å². The van der Waals surface area contributed by atoms with Gasteiger partial charge in [0.1, 0.15) is 0 Å². The number of aryl methyl sites for hydroxylation is 1. The molecule has 0 radical (unpaired) electrons. The number of anilines is 1. The number of benzene rings is 1. The lowest BCUT2D eigenvalue weighted by Gasteiger charge is -2.20. The summed E-state index contributed by atoms with van der Waals surface area (Å²) in [6, 6.07) is 6.12. The Labute approximate surface area is 160 Å². The quantitative estimate of drug-likeness (QED) is 0.849. The molecule has 0 spiro atoms. The van der Waals surface area contributed by atoms with Gasteiger partial charge < -0.3 is 19.5 Å². The Morgan fingerprint density at radius 3 is 2.70 bits per heavy atom. The first-order valence-corrected chi connectivity index (χ1v) is 9.52. The summed E-state index contributed by atoms with van der Waals surface area (Å²) in [5, 5.41) is 4.14. The van der Waals surface area contributed by atoms with Crippen molar-refractivity contribution in [1.29, 1.82) is 0 Å². The molecule has 1 N–H and O–H groups in total. The SMILES string of the molecule is COCCn1c(C)c(C)c2cc(NC(=O)C3CC(=O)N(C(C)C)C3)ccc21. The minimum absolute atomic E-state index is 0.0577. The maximum absolute atomic E-state index is 12.7. The highest BCUT2D eigenvalue weighted by Crippen LogP contribution is 2.29. The van der Waals surface area contributed by atoms with Gasteiger partial charge in [-0.05, 0) is 51.5 Å². The fourth-order valence-electron chi connectivity index (χ4n) is 3.85. The molecule has 27 heavy (non-hydrogen) atoms. The summed E-state index contributed by atoms with van der Waals surface area (Å²) < 4.78 is 7.46. The maximum atomic E-state index is 12.7. The number of fused-ring (bicyclic) bond motifs is 1. The van der Waals surface area contributed by atoms with Crippen LogP contribution < -0.4 is 5.32 Å². The van der Waals surface area contributed by atoms with Crippen LogP contribution in [0.5, 0.6) is 0 Å². The molecular formula is C21H29N3O3. The van der Waals surface area contributed by atoms with Crippen molar-refractivity contribution in [2.24, 2.45) is 5.92 Å². The normalized spacial score (nSPS) is 17.3. The fraction of sp³-hybridized carbons (Fsp3) is 0.524. The van der Waals surface area contributed by atoms with E-state index >= 15 is 0 Å². The van der Waals surface area contributed by atoms with Crippen LogP contribution in [-0.4, -0.2) is 47.6 Å². The Balaban J connectivity index is 1.79. The van der Waals surface area contributed by atoms with Gasteiger partial charge in [-0.15, -0.1) is 0 Å². The van der Waals surface area contributed by atoms with Crippen LogP contribution >= 0.6 is 0 Å². The van der Waals surface area contributed by atoms with Crippen molar-refractivity contribution in [3.63, 3.8) is 0 Å². The number of hydrogen-bond donors (Lipinski definition) is 1. The number of rotatable bonds is 6. The molecule has 2 aromatic rings. The third-order valence-electron chi connectivity index (χ3n) is 5.58. The Hall–Kier alpha value is -2.34. The van der Waals surface area contributed by atoms with Crippen molar-refractivity contribution < 1.29 is 14.3 Å². The van der Waals surface area contributed by atoms with Gasteiger partial charge in [0.25, 0.3) is 0 Å². The maximum Gasteiger partial charge on any atom is 0.229 e. The van der Waals surface area contributed by atoms with E-state index in [1.54, 1.807) is 12.0 Å². The molecule has 6 heteroatoms. The third-order valence-corrected chi connectivity index (χ3v) is 5.58. The number of nitrogens with one attached hydrogen (secondary N) is 1. The van der Waals surface area contributed by atoms with E-state index < -0.39 is 0 Å². The molecule has 1 saturated heterocycles. The standard InChI is InChI=1S/C21H29N3O3/c1-13(2)24-12-16(10-20(24)25)21(26)22-17-6-7-19-18(11-17)14(3)15(4)23(19)8-9-27-5/h6-7,11,13,16H,8-10,12H2,1-5H3,(H,22,26). The van der Waals surface area contributed by atoms with Gasteiger partial charge in [0.15, 0.2) is 0 Å². The number of methoxy groups -OCH3 is 1. The van der Waals surface area contributed by atoms with E-state index in [4.69, 9.17) is 4.74 Å². The van der Waals surface area contributed by atoms with E-state index in [2.05, 4.69) is 23.7 Å². The highest BCUT2D eigenvalue weighted by molar-refractivity contribution is 5.99. The molecule has 1 fully saturated rings. The largest absolute Gasteiger partial charge is 0.383 e. The Kier molecular flexibility index (Phi) is 5.56. The van der Waals surface area contributed by atoms with Crippen LogP contribution in [0.4, 0.5) is 5.69 Å². The number of aromatic nitrogens is 1. The minimum atomic E-state index is -0.287. The molecule has 1 unspecified atom stereocenters. The molecule has 1 aliphatic heterocycles. The summed E-state index contributed by atoms with van der Waals surface area (Å²) in [5.74, 6) is -0.314. The Morgan fingerprint density at radius 1 is 1.33 bits per heavy atom. The number of hydrogen-bond acceptors (Lipinski definition) is 3. The molecule has 1 aromatic heterocycles. The molecule has 0 saturated carbocycles. The zero-order valence-corrected chi connectivity index (χ0v) is 16.8. The minimum Gasteiger partial charge on any atom is -0.383 e. The predicted molar refractivity (Wildman–Crippen MR) is 107 cm³/mol. The monoisotopic (exact) mass is 371 g/mol. The number of likely N-dealkylation sites (tertiary alicyclic amines) is 1. The molecule has 2 amide bonds. The second-order valence-electron chi connectivity index (χ2n) is 7.62. The van der Waals surface area contributed by atoms with E-state index in [0.717, 1.165) is 23.1 Å². The van der Waals surface area contributed by atoms with E-state index in [1.807, 2.05) is 32.0 Å². The molecule has 0 aliphatic carbocycles. The molecule has 2 heterocycles. The van der Waals surface area contributed by atoms with Crippen LogP contribution in [0.3, 0.4) is 0 Å². The van der Waals surface area contributed by atoms with Crippen LogP contribution in [0.25, 0.3) is 10.9 Å². The number of carbonyl (C=O) groups is 2. The van der Waals surface area contributed by atoms with E-state index in [1.165, 1.54) is 11.3 Å². The third kappa shape index (κ3) is 3.72. The molecular weight excluding hydrogens is 342 g/mol. The second kappa shape index (κ2) is 7.72. The first-order valence-electron chi connectivity index (χ1n) is 9.52. The van der Waals surface area contributed by atoms with Crippen molar-refractivity contribution >= 4 is 28.4 Å². The number of nitrogens with zero attached hydrogens (tertiary/aromatic N) is 2. The fourth-order valence-corrected chi connectivity index (χ4v) is 3.85. The Bertz CT molecular complexity index is 869. The molecule has 1 atom stereocenters. The van der Waals surface area contributed by atoms with Crippen LogP contribution in [0, 0.1) is 19.8 Å². The van der Waals surface area contributed by atoms with Crippen molar-refractivity contribution in [2.75, 3.05) is 25.6 Å².